The number of carbonyl (C=O) groups is 1. The van der Waals surface area contributed by atoms with Crippen molar-refractivity contribution >= 4 is 22.8 Å². The van der Waals surface area contributed by atoms with Crippen molar-refractivity contribution in [2.45, 2.75) is 26.7 Å². The fraction of sp³-hybridized carbons (Fsp3) is 0.333. The molecule has 0 radical (unpaired) electrons. The number of rotatable bonds is 3. The molecule has 114 valence electrons. The van der Waals surface area contributed by atoms with Crippen LogP contribution in [0, 0.1) is 6.92 Å². The number of anilines is 1. The smallest absolute Gasteiger partial charge is 0.259 e. The minimum absolute atomic E-state index is 0.177. The van der Waals surface area contributed by atoms with E-state index in [0.717, 1.165) is 5.69 Å². The van der Waals surface area contributed by atoms with Gasteiger partial charge in [-0.05, 0) is 18.9 Å². The zero-order valence-electron chi connectivity index (χ0n) is 12.9. The molecule has 3 aromatic heterocycles. The minimum atomic E-state index is -0.251. The summed E-state index contributed by atoms with van der Waals surface area (Å²) in [4.78, 5) is 17.0. The number of amides is 1. The SMILES string of the molecule is Cc1noc2nc(C(C)C)cc(C(=O)Nc3ccn(C)n3)c12. The summed E-state index contributed by atoms with van der Waals surface area (Å²) in [5.74, 6) is 0.424. The third-order valence-corrected chi connectivity index (χ3v) is 3.43. The van der Waals surface area contributed by atoms with Crippen molar-refractivity contribution in [2.24, 2.45) is 7.05 Å². The maximum atomic E-state index is 12.6. The molecule has 0 unspecified atom stereocenters. The Morgan fingerprint density at radius 2 is 2.18 bits per heavy atom. The van der Waals surface area contributed by atoms with E-state index >= 15 is 0 Å². The van der Waals surface area contributed by atoms with Crippen LogP contribution in [0.4, 0.5) is 5.82 Å². The predicted octanol–water partition coefficient (Wildman–Crippen LogP) is 2.64. The number of carbonyl (C=O) groups excluding carboxylic acids is 1. The molecule has 0 saturated heterocycles. The largest absolute Gasteiger partial charge is 0.336 e. The first-order chi connectivity index (χ1) is 10.5. The highest BCUT2D eigenvalue weighted by molar-refractivity contribution is 6.12. The monoisotopic (exact) mass is 299 g/mol. The van der Waals surface area contributed by atoms with Gasteiger partial charge in [-0.3, -0.25) is 9.48 Å². The lowest BCUT2D eigenvalue weighted by Gasteiger charge is -2.08. The number of fused-ring (bicyclic) bond motifs is 1. The molecule has 0 fully saturated rings. The number of aromatic nitrogens is 4. The van der Waals surface area contributed by atoms with Gasteiger partial charge in [0.2, 0.25) is 0 Å². The first kappa shape index (κ1) is 14.2. The third-order valence-electron chi connectivity index (χ3n) is 3.43. The van der Waals surface area contributed by atoms with Crippen molar-refractivity contribution in [1.82, 2.24) is 19.9 Å². The fourth-order valence-corrected chi connectivity index (χ4v) is 2.25. The summed E-state index contributed by atoms with van der Waals surface area (Å²) in [6.45, 7) is 5.82. The quantitative estimate of drug-likeness (QED) is 0.803. The number of hydrogen-bond donors (Lipinski definition) is 1. The van der Waals surface area contributed by atoms with Crippen LogP contribution >= 0.6 is 0 Å². The summed E-state index contributed by atoms with van der Waals surface area (Å²) in [5, 5.41) is 11.5. The van der Waals surface area contributed by atoms with Crippen molar-refractivity contribution in [3.63, 3.8) is 0 Å². The Balaban J connectivity index is 2.07. The summed E-state index contributed by atoms with van der Waals surface area (Å²) in [7, 11) is 1.79. The molecule has 0 bridgehead atoms. The van der Waals surface area contributed by atoms with Gasteiger partial charge in [0.25, 0.3) is 11.6 Å². The van der Waals surface area contributed by atoms with Gasteiger partial charge >= 0.3 is 0 Å². The van der Waals surface area contributed by atoms with Crippen molar-refractivity contribution in [3.8, 4) is 0 Å². The zero-order valence-corrected chi connectivity index (χ0v) is 12.9. The van der Waals surface area contributed by atoms with Crippen molar-refractivity contribution in [1.29, 1.82) is 0 Å². The highest BCUT2D eigenvalue weighted by Gasteiger charge is 2.20. The molecule has 0 saturated carbocycles. The summed E-state index contributed by atoms with van der Waals surface area (Å²) < 4.78 is 6.85. The molecule has 0 aliphatic carbocycles. The van der Waals surface area contributed by atoms with Gasteiger partial charge in [-0.2, -0.15) is 5.10 Å². The van der Waals surface area contributed by atoms with Gasteiger partial charge in [0.1, 0.15) is 0 Å². The van der Waals surface area contributed by atoms with Gasteiger partial charge in [-0.25, -0.2) is 4.98 Å². The lowest BCUT2D eigenvalue weighted by atomic mass is 10.0. The molecule has 0 aromatic carbocycles. The van der Waals surface area contributed by atoms with E-state index in [0.29, 0.717) is 28.2 Å². The molecule has 1 amide bonds. The number of nitrogens with zero attached hydrogens (tertiary/aromatic N) is 4. The Morgan fingerprint density at radius 1 is 1.41 bits per heavy atom. The predicted molar refractivity (Wildman–Crippen MR) is 81.8 cm³/mol. The van der Waals surface area contributed by atoms with Gasteiger partial charge in [-0.15, -0.1) is 0 Å². The number of pyridine rings is 1. The van der Waals surface area contributed by atoms with Crippen molar-refractivity contribution < 1.29 is 9.32 Å². The van der Waals surface area contributed by atoms with Crippen LogP contribution in [0.1, 0.15) is 41.5 Å². The maximum absolute atomic E-state index is 12.6. The highest BCUT2D eigenvalue weighted by atomic mass is 16.5. The van der Waals surface area contributed by atoms with Gasteiger partial charge in [-0.1, -0.05) is 19.0 Å². The van der Waals surface area contributed by atoms with Gasteiger partial charge in [0.15, 0.2) is 5.82 Å². The van der Waals surface area contributed by atoms with E-state index in [1.54, 1.807) is 37.0 Å². The van der Waals surface area contributed by atoms with Crippen molar-refractivity contribution in [3.05, 3.63) is 35.3 Å². The second kappa shape index (κ2) is 5.25. The van der Waals surface area contributed by atoms with Crippen LogP contribution in [0.15, 0.2) is 22.9 Å². The van der Waals surface area contributed by atoms with E-state index in [1.807, 2.05) is 13.8 Å². The highest BCUT2D eigenvalue weighted by Crippen LogP contribution is 2.25. The Hall–Kier alpha value is -2.70. The molecular formula is C15H17N5O2. The standard InChI is InChI=1S/C15H17N5O2/c1-8(2)11-7-10(13-9(3)19-22-15(13)16-11)14(21)17-12-5-6-20(4)18-12/h5-8H,1-4H3,(H,17,18,21). The topological polar surface area (TPSA) is 85.8 Å². The van der Waals surface area contributed by atoms with E-state index in [9.17, 15) is 4.79 Å². The average Bonchev–Trinajstić information content (AvgIpc) is 3.04. The summed E-state index contributed by atoms with van der Waals surface area (Å²) in [5.41, 5.74) is 2.31. The lowest BCUT2D eigenvalue weighted by molar-refractivity contribution is 0.102. The molecule has 0 aliphatic rings. The lowest BCUT2D eigenvalue weighted by Crippen LogP contribution is -2.14. The first-order valence-corrected chi connectivity index (χ1v) is 7.03. The van der Waals surface area contributed by atoms with Gasteiger partial charge in [0.05, 0.1) is 16.6 Å². The summed E-state index contributed by atoms with van der Waals surface area (Å²) >= 11 is 0. The maximum Gasteiger partial charge on any atom is 0.259 e. The van der Waals surface area contributed by atoms with E-state index in [2.05, 4.69) is 20.6 Å². The summed E-state index contributed by atoms with van der Waals surface area (Å²) in [6.07, 6.45) is 1.77. The van der Waals surface area contributed by atoms with Crippen LogP contribution in [0.25, 0.3) is 11.1 Å². The molecular weight excluding hydrogens is 282 g/mol. The van der Waals surface area contributed by atoms with Crippen LogP contribution in [0.3, 0.4) is 0 Å². The molecule has 0 spiro atoms. The van der Waals surface area contributed by atoms with Crippen LogP contribution < -0.4 is 5.32 Å². The molecule has 3 aromatic rings. The number of nitrogens with one attached hydrogen (secondary N) is 1. The number of hydrogen-bond acceptors (Lipinski definition) is 5. The Kier molecular flexibility index (Phi) is 3.40. The Labute approximate surface area is 127 Å². The third kappa shape index (κ3) is 2.45. The molecule has 0 atom stereocenters. The van der Waals surface area contributed by atoms with E-state index in [-0.39, 0.29) is 11.8 Å². The van der Waals surface area contributed by atoms with Crippen LogP contribution in [-0.2, 0) is 7.05 Å². The normalized spacial score (nSPS) is 11.3. The van der Waals surface area contributed by atoms with E-state index in [4.69, 9.17) is 4.52 Å². The molecule has 3 rings (SSSR count). The second-order valence-corrected chi connectivity index (χ2v) is 5.53. The van der Waals surface area contributed by atoms with Crippen LogP contribution in [0.5, 0.6) is 0 Å². The van der Waals surface area contributed by atoms with E-state index < -0.39 is 0 Å². The number of aryl methyl sites for hydroxylation is 2. The van der Waals surface area contributed by atoms with Crippen LogP contribution in [0.2, 0.25) is 0 Å². The molecule has 3 heterocycles. The van der Waals surface area contributed by atoms with E-state index in [1.165, 1.54) is 0 Å². The van der Waals surface area contributed by atoms with Gasteiger partial charge in [0, 0.05) is 25.0 Å². The molecule has 7 nitrogen and oxygen atoms in total. The molecule has 1 N–H and O–H groups in total. The Bertz CT molecular complexity index is 847. The van der Waals surface area contributed by atoms with Crippen LogP contribution in [-0.4, -0.2) is 25.8 Å². The molecule has 22 heavy (non-hydrogen) atoms. The minimum Gasteiger partial charge on any atom is -0.336 e. The Morgan fingerprint density at radius 3 is 2.82 bits per heavy atom. The zero-order chi connectivity index (χ0) is 15.9. The molecule has 0 aliphatic heterocycles. The van der Waals surface area contributed by atoms with Crippen molar-refractivity contribution in [2.75, 3.05) is 5.32 Å². The average molecular weight is 299 g/mol. The summed E-state index contributed by atoms with van der Waals surface area (Å²) in [6, 6.07) is 3.52. The first-order valence-electron chi connectivity index (χ1n) is 7.03. The molecule has 7 heteroatoms. The van der Waals surface area contributed by atoms with Gasteiger partial charge < -0.3 is 9.84 Å². The fourth-order valence-electron chi connectivity index (χ4n) is 2.25. The second-order valence-electron chi connectivity index (χ2n) is 5.53.